The average molecular weight is 268 g/mol. The van der Waals surface area contributed by atoms with E-state index in [1.54, 1.807) is 0 Å². The van der Waals surface area contributed by atoms with Crippen LogP contribution >= 0.6 is 11.6 Å². The second kappa shape index (κ2) is 6.12. The van der Waals surface area contributed by atoms with Gasteiger partial charge in [-0.15, -0.1) is 0 Å². The van der Waals surface area contributed by atoms with Gasteiger partial charge in [0.25, 0.3) is 0 Å². The van der Waals surface area contributed by atoms with E-state index >= 15 is 0 Å². The molecule has 0 saturated heterocycles. The molecule has 17 heavy (non-hydrogen) atoms. The number of hydrogen-bond donors (Lipinski definition) is 1. The first-order valence-corrected chi connectivity index (χ1v) is 5.50. The van der Waals surface area contributed by atoms with E-state index in [9.17, 15) is 13.2 Å². The molecular formula is C11H13ClF3NO. The van der Waals surface area contributed by atoms with Gasteiger partial charge < -0.3 is 10.1 Å². The van der Waals surface area contributed by atoms with E-state index in [0.717, 1.165) is 12.1 Å². The van der Waals surface area contributed by atoms with Crippen molar-refractivity contribution >= 4 is 17.3 Å². The van der Waals surface area contributed by atoms with Gasteiger partial charge in [0.05, 0.1) is 12.2 Å². The lowest BCUT2D eigenvalue weighted by Crippen LogP contribution is -2.11. The van der Waals surface area contributed by atoms with Crippen molar-refractivity contribution in [3.8, 4) is 0 Å². The molecule has 0 radical (unpaired) electrons. The standard InChI is InChI=1S/C11H13ClF3NO/c1-2-17-4-3-16-10-6-8(11(13,14)15)5-9(12)7-10/h5-7,16H,2-4H2,1H3. The number of alkyl halides is 3. The van der Waals surface area contributed by atoms with Crippen molar-refractivity contribution < 1.29 is 17.9 Å². The maximum absolute atomic E-state index is 12.5. The van der Waals surface area contributed by atoms with Crippen LogP contribution in [0.2, 0.25) is 5.02 Å². The Morgan fingerprint density at radius 1 is 1.29 bits per heavy atom. The smallest absolute Gasteiger partial charge is 0.383 e. The van der Waals surface area contributed by atoms with Crippen LogP contribution in [0.15, 0.2) is 18.2 Å². The molecule has 0 spiro atoms. The molecule has 0 fully saturated rings. The van der Waals surface area contributed by atoms with E-state index in [-0.39, 0.29) is 5.02 Å². The Kier molecular flexibility index (Phi) is 5.08. The molecule has 0 amide bonds. The summed E-state index contributed by atoms with van der Waals surface area (Å²) in [7, 11) is 0. The fraction of sp³-hybridized carbons (Fsp3) is 0.455. The molecule has 0 bridgehead atoms. The van der Waals surface area contributed by atoms with Crippen LogP contribution in [-0.2, 0) is 10.9 Å². The number of nitrogens with one attached hydrogen (secondary N) is 1. The highest BCUT2D eigenvalue weighted by atomic mass is 35.5. The molecule has 96 valence electrons. The highest BCUT2D eigenvalue weighted by Crippen LogP contribution is 2.33. The van der Waals surface area contributed by atoms with Gasteiger partial charge in [0.2, 0.25) is 0 Å². The van der Waals surface area contributed by atoms with Crippen molar-refractivity contribution in [1.82, 2.24) is 0 Å². The highest BCUT2D eigenvalue weighted by molar-refractivity contribution is 6.30. The SMILES string of the molecule is CCOCCNc1cc(Cl)cc(C(F)(F)F)c1. The monoisotopic (exact) mass is 267 g/mol. The maximum atomic E-state index is 12.5. The van der Waals surface area contributed by atoms with E-state index in [2.05, 4.69) is 5.32 Å². The van der Waals surface area contributed by atoms with E-state index in [4.69, 9.17) is 16.3 Å². The third-order valence-corrected chi connectivity index (χ3v) is 2.22. The van der Waals surface area contributed by atoms with Crippen molar-refractivity contribution in [2.75, 3.05) is 25.1 Å². The van der Waals surface area contributed by atoms with Gasteiger partial charge >= 0.3 is 6.18 Å². The Morgan fingerprint density at radius 3 is 2.59 bits per heavy atom. The van der Waals surface area contributed by atoms with Gasteiger partial charge in [-0.2, -0.15) is 13.2 Å². The van der Waals surface area contributed by atoms with Crippen molar-refractivity contribution in [1.29, 1.82) is 0 Å². The number of ether oxygens (including phenoxy) is 1. The minimum Gasteiger partial charge on any atom is -0.383 e. The summed E-state index contributed by atoms with van der Waals surface area (Å²) in [6.45, 7) is 3.29. The summed E-state index contributed by atoms with van der Waals surface area (Å²) in [6, 6.07) is 3.37. The summed E-state index contributed by atoms with van der Waals surface area (Å²) in [5.41, 5.74) is -0.423. The molecule has 0 aliphatic heterocycles. The molecule has 0 heterocycles. The van der Waals surface area contributed by atoms with Crippen LogP contribution in [-0.4, -0.2) is 19.8 Å². The number of anilines is 1. The van der Waals surface area contributed by atoms with Gasteiger partial charge in [-0.05, 0) is 25.1 Å². The number of hydrogen-bond acceptors (Lipinski definition) is 2. The lowest BCUT2D eigenvalue weighted by molar-refractivity contribution is -0.137. The van der Waals surface area contributed by atoms with Gasteiger partial charge in [-0.3, -0.25) is 0 Å². The zero-order chi connectivity index (χ0) is 12.9. The fourth-order valence-electron chi connectivity index (χ4n) is 1.27. The molecule has 0 aromatic heterocycles. The Labute approximate surface area is 103 Å². The quantitative estimate of drug-likeness (QED) is 0.819. The number of rotatable bonds is 5. The van der Waals surface area contributed by atoms with E-state index < -0.39 is 11.7 Å². The fourth-order valence-corrected chi connectivity index (χ4v) is 1.50. The van der Waals surface area contributed by atoms with E-state index in [1.165, 1.54) is 6.07 Å². The van der Waals surface area contributed by atoms with E-state index in [1.807, 2.05) is 6.92 Å². The summed E-state index contributed by atoms with van der Waals surface area (Å²) in [4.78, 5) is 0. The van der Waals surface area contributed by atoms with Crippen LogP contribution < -0.4 is 5.32 Å². The molecule has 0 saturated carbocycles. The van der Waals surface area contributed by atoms with Gasteiger partial charge in [-0.25, -0.2) is 0 Å². The van der Waals surface area contributed by atoms with Gasteiger partial charge in [0, 0.05) is 23.9 Å². The molecule has 2 nitrogen and oxygen atoms in total. The summed E-state index contributed by atoms with van der Waals surface area (Å²) in [5, 5.41) is 2.88. The van der Waals surface area contributed by atoms with Crippen molar-refractivity contribution in [2.45, 2.75) is 13.1 Å². The van der Waals surface area contributed by atoms with Crippen molar-refractivity contribution in [3.63, 3.8) is 0 Å². The first-order valence-electron chi connectivity index (χ1n) is 5.13. The lowest BCUT2D eigenvalue weighted by atomic mass is 10.2. The van der Waals surface area contributed by atoms with E-state index in [0.29, 0.717) is 25.4 Å². The first-order chi connectivity index (χ1) is 7.93. The summed E-state index contributed by atoms with van der Waals surface area (Å²) >= 11 is 5.62. The molecule has 1 aromatic rings. The van der Waals surface area contributed by atoms with Crippen LogP contribution in [0.25, 0.3) is 0 Å². The third kappa shape index (κ3) is 4.83. The molecule has 1 aromatic carbocycles. The molecule has 0 aliphatic carbocycles. The predicted molar refractivity (Wildman–Crippen MR) is 61.4 cm³/mol. The zero-order valence-corrected chi connectivity index (χ0v) is 10.0. The summed E-state index contributed by atoms with van der Waals surface area (Å²) in [5.74, 6) is 0. The largest absolute Gasteiger partial charge is 0.416 e. The van der Waals surface area contributed by atoms with Crippen molar-refractivity contribution in [2.24, 2.45) is 0 Å². The Bertz CT molecular complexity index is 368. The Morgan fingerprint density at radius 2 is 2.00 bits per heavy atom. The molecule has 1 rings (SSSR count). The molecule has 1 N–H and O–H groups in total. The molecular weight excluding hydrogens is 255 g/mol. The normalized spacial score (nSPS) is 11.6. The molecule has 0 unspecified atom stereocenters. The molecule has 0 aliphatic rings. The Balaban J connectivity index is 2.69. The average Bonchev–Trinajstić information content (AvgIpc) is 2.22. The van der Waals surface area contributed by atoms with Gasteiger partial charge in [0.1, 0.15) is 0 Å². The zero-order valence-electron chi connectivity index (χ0n) is 9.27. The second-order valence-corrected chi connectivity index (χ2v) is 3.79. The summed E-state index contributed by atoms with van der Waals surface area (Å²) < 4.78 is 42.5. The topological polar surface area (TPSA) is 21.3 Å². The first kappa shape index (κ1) is 14.1. The predicted octanol–water partition coefficient (Wildman–Crippen LogP) is 3.81. The van der Waals surface area contributed by atoms with Crippen LogP contribution in [0.3, 0.4) is 0 Å². The summed E-state index contributed by atoms with van der Waals surface area (Å²) in [6.07, 6.45) is -4.39. The lowest BCUT2D eigenvalue weighted by Gasteiger charge is -2.11. The van der Waals surface area contributed by atoms with Gasteiger partial charge in [0.15, 0.2) is 0 Å². The minimum atomic E-state index is -4.39. The third-order valence-electron chi connectivity index (χ3n) is 2.00. The highest BCUT2D eigenvalue weighted by Gasteiger charge is 2.31. The van der Waals surface area contributed by atoms with Crippen LogP contribution in [0.4, 0.5) is 18.9 Å². The van der Waals surface area contributed by atoms with Crippen LogP contribution in [0.5, 0.6) is 0 Å². The molecule has 6 heteroatoms. The van der Waals surface area contributed by atoms with Gasteiger partial charge in [-0.1, -0.05) is 11.6 Å². The second-order valence-electron chi connectivity index (χ2n) is 3.35. The van der Waals surface area contributed by atoms with Crippen LogP contribution in [0.1, 0.15) is 12.5 Å². The maximum Gasteiger partial charge on any atom is 0.416 e. The minimum absolute atomic E-state index is 0.0544. The van der Waals surface area contributed by atoms with Crippen LogP contribution in [0, 0.1) is 0 Å². The Hall–Kier alpha value is -0.940. The number of benzene rings is 1. The number of halogens is 4. The van der Waals surface area contributed by atoms with Crippen molar-refractivity contribution in [3.05, 3.63) is 28.8 Å². The molecule has 0 atom stereocenters.